The summed E-state index contributed by atoms with van der Waals surface area (Å²) >= 11 is 6.50. The van der Waals surface area contributed by atoms with Gasteiger partial charge in [-0.3, -0.25) is 0 Å². The first-order chi connectivity index (χ1) is 8.95. The SMILES string of the molecule is COC(=O)C1CN(S(=O)(=O)c2cnc(Cl)s2)CCO1. The van der Waals surface area contributed by atoms with Gasteiger partial charge in [-0.2, -0.15) is 4.31 Å². The standard InChI is InChI=1S/C9H11ClN2O5S2/c1-16-8(13)6-5-12(2-3-17-6)19(14,15)7-4-11-9(10)18-7/h4,6H,2-3,5H2,1H3. The summed E-state index contributed by atoms with van der Waals surface area (Å²) in [6.45, 7) is 0.224. The number of nitrogens with zero attached hydrogens (tertiary/aromatic N) is 2. The second-order valence-electron chi connectivity index (χ2n) is 3.68. The molecule has 106 valence electrons. The quantitative estimate of drug-likeness (QED) is 0.745. The Kier molecular flexibility index (Phi) is 4.41. The minimum Gasteiger partial charge on any atom is -0.467 e. The Morgan fingerprint density at radius 2 is 2.42 bits per heavy atom. The minimum absolute atomic E-state index is 0.0445. The molecule has 1 aliphatic heterocycles. The van der Waals surface area contributed by atoms with Crippen LogP contribution in [0.4, 0.5) is 0 Å². The summed E-state index contributed by atoms with van der Waals surface area (Å²) in [5, 5.41) is 0. The number of carbonyl (C=O) groups is 1. The van der Waals surface area contributed by atoms with E-state index in [4.69, 9.17) is 16.3 Å². The maximum absolute atomic E-state index is 12.3. The van der Waals surface area contributed by atoms with Gasteiger partial charge in [-0.25, -0.2) is 18.2 Å². The van der Waals surface area contributed by atoms with Crippen LogP contribution < -0.4 is 0 Å². The number of methoxy groups -OCH3 is 1. The molecule has 0 saturated carbocycles. The highest BCUT2D eigenvalue weighted by Crippen LogP contribution is 2.26. The van der Waals surface area contributed by atoms with Gasteiger partial charge in [0, 0.05) is 6.54 Å². The van der Waals surface area contributed by atoms with Gasteiger partial charge in [0.15, 0.2) is 14.8 Å². The summed E-state index contributed by atoms with van der Waals surface area (Å²) in [5.41, 5.74) is 0. The predicted octanol–water partition coefficient (Wildman–Crippen LogP) is 0.359. The maximum atomic E-state index is 12.3. The summed E-state index contributed by atoms with van der Waals surface area (Å²) in [6.07, 6.45) is 0.294. The molecule has 0 N–H and O–H groups in total. The lowest BCUT2D eigenvalue weighted by Gasteiger charge is -2.30. The molecule has 1 aliphatic rings. The maximum Gasteiger partial charge on any atom is 0.336 e. The van der Waals surface area contributed by atoms with Gasteiger partial charge in [0.2, 0.25) is 0 Å². The average molecular weight is 327 g/mol. The average Bonchev–Trinajstić information content (AvgIpc) is 2.85. The normalized spacial score (nSPS) is 21.3. The van der Waals surface area contributed by atoms with Crippen LogP contribution in [0.15, 0.2) is 10.4 Å². The first-order valence-electron chi connectivity index (χ1n) is 5.26. The van der Waals surface area contributed by atoms with E-state index in [1.165, 1.54) is 17.6 Å². The number of rotatable bonds is 3. The number of thiazole rings is 1. The second kappa shape index (κ2) is 5.71. The number of halogens is 1. The zero-order valence-corrected chi connectivity index (χ0v) is 12.3. The molecule has 10 heteroatoms. The third kappa shape index (κ3) is 3.06. The Labute approximate surface area is 119 Å². The van der Waals surface area contributed by atoms with Gasteiger partial charge < -0.3 is 9.47 Å². The molecule has 1 aromatic rings. The molecular weight excluding hydrogens is 316 g/mol. The van der Waals surface area contributed by atoms with Crippen LogP contribution in [0.2, 0.25) is 4.47 Å². The van der Waals surface area contributed by atoms with E-state index in [0.29, 0.717) is 0 Å². The van der Waals surface area contributed by atoms with Crippen LogP contribution in [0.25, 0.3) is 0 Å². The van der Waals surface area contributed by atoms with Crippen molar-refractivity contribution in [3.05, 3.63) is 10.7 Å². The molecule has 0 radical (unpaired) electrons. The van der Waals surface area contributed by atoms with Crippen molar-refractivity contribution in [1.29, 1.82) is 0 Å². The highest BCUT2D eigenvalue weighted by atomic mass is 35.5. The Morgan fingerprint density at radius 3 is 3.00 bits per heavy atom. The molecule has 0 spiro atoms. The number of hydrogen-bond donors (Lipinski definition) is 0. The number of ether oxygens (including phenoxy) is 2. The van der Waals surface area contributed by atoms with Gasteiger partial charge >= 0.3 is 5.97 Å². The first kappa shape index (κ1) is 14.7. The van der Waals surface area contributed by atoms with E-state index in [1.807, 2.05) is 0 Å². The molecule has 2 heterocycles. The van der Waals surface area contributed by atoms with Crippen LogP contribution in [-0.2, 0) is 24.3 Å². The van der Waals surface area contributed by atoms with Gasteiger partial charge in [-0.05, 0) is 0 Å². The highest BCUT2D eigenvalue weighted by Gasteiger charge is 2.35. The van der Waals surface area contributed by atoms with E-state index in [2.05, 4.69) is 9.72 Å². The van der Waals surface area contributed by atoms with Crippen molar-refractivity contribution in [2.24, 2.45) is 0 Å². The van der Waals surface area contributed by atoms with Crippen LogP contribution in [0.1, 0.15) is 0 Å². The Balaban J connectivity index is 2.19. The first-order valence-corrected chi connectivity index (χ1v) is 7.89. The lowest BCUT2D eigenvalue weighted by Crippen LogP contribution is -2.48. The van der Waals surface area contributed by atoms with E-state index in [9.17, 15) is 13.2 Å². The molecule has 1 saturated heterocycles. The van der Waals surface area contributed by atoms with Crippen LogP contribution >= 0.6 is 22.9 Å². The third-order valence-electron chi connectivity index (χ3n) is 2.54. The topological polar surface area (TPSA) is 85.8 Å². The van der Waals surface area contributed by atoms with Gasteiger partial charge in [-0.15, -0.1) is 0 Å². The second-order valence-corrected chi connectivity index (χ2v) is 7.46. The lowest BCUT2D eigenvalue weighted by atomic mass is 10.3. The molecule has 1 unspecified atom stereocenters. The van der Waals surface area contributed by atoms with Crippen molar-refractivity contribution in [2.45, 2.75) is 10.3 Å². The number of carbonyl (C=O) groups excluding carboxylic acids is 1. The van der Waals surface area contributed by atoms with Crippen LogP contribution in [0.3, 0.4) is 0 Å². The molecular formula is C9H11ClN2O5S2. The molecule has 2 rings (SSSR count). The van der Waals surface area contributed by atoms with Crippen LogP contribution in [-0.4, -0.2) is 56.6 Å². The van der Waals surface area contributed by atoms with Crippen molar-refractivity contribution >= 4 is 38.9 Å². The van der Waals surface area contributed by atoms with Crippen LogP contribution in [0.5, 0.6) is 0 Å². The zero-order valence-electron chi connectivity index (χ0n) is 9.91. The summed E-state index contributed by atoms with van der Waals surface area (Å²) in [5.74, 6) is -0.595. The van der Waals surface area contributed by atoms with E-state index in [1.54, 1.807) is 0 Å². The Bertz CT molecular complexity index is 573. The molecule has 0 amide bonds. The lowest BCUT2D eigenvalue weighted by molar-refractivity contribution is -0.157. The molecule has 7 nitrogen and oxygen atoms in total. The van der Waals surface area contributed by atoms with Crippen molar-refractivity contribution < 1.29 is 22.7 Å². The fourth-order valence-corrected chi connectivity index (χ4v) is 4.48. The molecule has 1 atom stereocenters. The third-order valence-corrected chi connectivity index (χ3v) is 5.96. The number of sulfonamides is 1. The smallest absolute Gasteiger partial charge is 0.336 e. The molecule has 0 aromatic carbocycles. The number of hydrogen-bond acceptors (Lipinski definition) is 7. The fraction of sp³-hybridized carbons (Fsp3) is 0.556. The van der Waals surface area contributed by atoms with E-state index >= 15 is 0 Å². The number of esters is 1. The monoisotopic (exact) mass is 326 g/mol. The molecule has 0 aliphatic carbocycles. The Hall–Kier alpha value is -0.740. The summed E-state index contributed by atoms with van der Waals surface area (Å²) in [4.78, 5) is 15.1. The Morgan fingerprint density at radius 1 is 1.68 bits per heavy atom. The van der Waals surface area contributed by atoms with Crippen LogP contribution in [0, 0.1) is 0 Å². The van der Waals surface area contributed by atoms with E-state index in [-0.39, 0.29) is 28.4 Å². The minimum atomic E-state index is -3.70. The van der Waals surface area contributed by atoms with Crippen molar-refractivity contribution in [3.8, 4) is 0 Å². The molecule has 1 fully saturated rings. The molecule has 0 bridgehead atoms. The van der Waals surface area contributed by atoms with Gasteiger partial charge in [0.25, 0.3) is 10.0 Å². The van der Waals surface area contributed by atoms with Gasteiger partial charge in [0.1, 0.15) is 0 Å². The zero-order chi connectivity index (χ0) is 14.0. The van der Waals surface area contributed by atoms with Gasteiger partial charge in [0.05, 0.1) is 26.5 Å². The molecule has 19 heavy (non-hydrogen) atoms. The number of aromatic nitrogens is 1. The van der Waals surface area contributed by atoms with Crippen molar-refractivity contribution in [3.63, 3.8) is 0 Å². The largest absolute Gasteiger partial charge is 0.467 e. The predicted molar refractivity (Wildman–Crippen MR) is 67.6 cm³/mol. The van der Waals surface area contributed by atoms with Gasteiger partial charge in [-0.1, -0.05) is 22.9 Å². The summed E-state index contributed by atoms with van der Waals surface area (Å²) < 4.78 is 35.7. The van der Waals surface area contributed by atoms with Crippen molar-refractivity contribution in [1.82, 2.24) is 9.29 Å². The van der Waals surface area contributed by atoms with E-state index < -0.39 is 22.1 Å². The highest BCUT2D eigenvalue weighted by molar-refractivity contribution is 7.91. The van der Waals surface area contributed by atoms with Crippen molar-refractivity contribution in [2.75, 3.05) is 26.8 Å². The number of morpholine rings is 1. The summed E-state index contributed by atoms with van der Waals surface area (Å²) in [6, 6.07) is 0. The summed E-state index contributed by atoms with van der Waals surface area (Å²) in [7, 11) is -2.47. The molecule has 1 aromatic heterocycles. The van der Waals surface area contributed by atoms with E-state index in [0.717, 1.165) is 11.3 Å². The fourth-order valence-electron chi connectivity index (χ4n) is 1.60.